The van der Waals surface area contributed by atoms with E-state index in [1.165, 1.54) is 11.1 Å². The fourth-order valence-electron chi connectivity index (χ4n) is 1.96. The Morgan fingerprint density at radius 2 is 2.12 bits per heavy atom. The van der Waals surface area contributed by atoms with Gasteiger partial charge in [-0.05, 0) is 42.4 Å². The van der Waals surface area contributed by atoms with Crippen LogP contribution in [0, 0.1) is 5.92 Å². The predicted octanol–water partition coefficient (Wildman–Crippen LogP) is 2.82. The smallest absolute Gasteiger partial charge is 0.122 e. The Morgan fingerprint density at radius 1 is 1.38 bits per heavy atom. The monoisotopic (exact) mass is 222 g/mol. The van der Waals surface area contributed by atoms with E-state index >= 15 is 0 Å². The quantitative estimate of drug-likeness (QED) is 0.802. The summed E-state index contributed by atoms with van der Waals surface area (Å²) in [5, 5.41) is 8.88. The molecule has 1 atom stereocenters. The van der Waals surface area contributed by atoms with E-state index in [-0.39, 0.29) is 6.61 Å². The Balaban J connectivity index is 2.74. The van der Waals surface area contributed by atoms with Crippen LogP contribution < -0.4 is 4.74 Å². The van der Waals surface area contributed by atoms with Crippen LogP contribution in [0.5, 0.6) is 5.75 Å². The summed E-state index contributed by atoms with van der Waals surface area (Å²) in [5.74, 6) is 1.50. The minimum atomic E-state index is 0.276. The van der Waals surface area contributed by atoms with E-state index in [1.807, 2.05) is 6.07 Å². The van der Waals surface area contributed by atoms with E-state index < -0.39 is 0 Å². The van der Waals surface area contributed by atoms with Crippen LogP contribution in [0.15, 0.2) is 18.2 Å². The Kier molecular flexibility index (Phi) is 5.33. The Labute approximate surface area is 98.3 Å². The third-order valence-electron chi connectivity index (χ3n) is 2.93. The molecule has 0 heterocycles. The summed E-state index contributed by atoms with van der Waals surface area (Å²) in [6, 6.07) is 6.37. The molecule has 0 saturated carbocycles. The second kappa shape index (κ2) is 6.54. The van der Waals surface area contributed by atoms with Gasteiger partial charge in [0.05, 0.1) is 7.11 Å². The second-order valence-electron chi connectivity index (χ2n) is 4.32. The minimum absolute atomic E-state index is 0.276. The zero-order chi connectivity index (χ0) is 12.0. The van der Waals surface area contributed by atoms with Crippen LogP contribution in [0.3, 0.4) is 0 Å². The van der Waals surface area contributed by atoms with Crippen LogP contribution >= 0.6 is 0 Å². The van der Waals surface area contributed by atoms with Gasteiger partial charge in [0, 0.05) is 6.61 Å². The van der Waals surface area contributed by atoms with Crippen LogP contribution in [0.2, 0.25) is 0 Å². The molecule has 0 aliphatic rings. The molecule has 1 rings (SSSR count). The van der Waals surface area contributed by atoms with Crippen molar-refractivity contribution >= 4 is 0 Å². The molecule has 0 aromatic heterocycles. The molecule has 0 radical (unpaired) electrons. The topological polar surface area (TPSA) is 29.5 Å². The standard InChI is InChI=1S/C14H22O2/c1-4-13-10-12(5-6-14(13)16-3)9-11(2)7-8-15/h5-6,10-11,15H,4,7-9H2,1-3H3. The van der Waals surface area contributed by atoms with Crippen LogP contribution in [0.1, 0.15) is 31.4 Å². The van der Waals surface area contributed by atoms with Gasteiger partial charge in [0.2, 0.25) is 0 Å². The highest BCUT2D eigenvalue weighted by molar-refractivity contribution is 5.37. The van der Waals surface area contributed by atoms with Gasteiger partial charge >= 0.3 is 0 Å². The molecule has 16 heavy (non-hydrogen) atoms. The van der Waals surface area contributed by atoms with E-state index in [2.05, 4.69) is 26.0 Å². The summed E-state index contributed by atoms with van der Waals surface area (Å²) in [5.41, 5.74) is 2.59. The molecule has 0 fully saturated rings. The van der Waals surface area contributed by atoms with Gasteiger partial charge in [-0.15, -0.1) is 0 Å². The third-order valence-corrected chi connectivity index (χ3v) is 2.93. The number of hydrogen-bond donors (Lipinski definition) is 1. The van der Waals surface area contributed by atoms with E-state index in [0.29, 0.717) is 5.92 Å². The largest absolute Gasteiger partial charge is 0.496 e. The van der Waals surface area contributed by atoms with Gasteiger partial charge in [-0.3, -0.25) is 0 Å². The number of aliphatic hydroxyl groups is 1. The fraction of sp³-hybridized carbons (Fsp3) is 0.571. The highest BCUT2D eigenvalue weighted by Crippen LogP contribution is 2.22. The lowest BCUT2D eigenvalue weighted by molar-refractivity contribution is 0.262. The molecule has 0 amide bonds. The maximum absolute atomic E-state index is 8.88. The van der Waals surface area contributed by atoms with Crippen molar-refractivity contribution in [2.75, 3.05) is 13.7 Å². The van der Waals surface area contributed by atoms with Crippen LogP contribution in [-0.4, -0.2) is 18.8 Å². The first kappa shape index (κ1) is 13.0. The highest BCUT2D eigenvalue weighted by atomic mass is 16.5. The second-order valence-corrected chi connectivity index (χ2v) is 4.32. The fourth-order valence-corrected chi connectivity index (χ4v) is 1.96. The minimum Gasteiger partial charge on any atom is -0.496 e. The summed E-state index contributed by atoms with van der Waals surface area (Å²) in [7, 11) is 1.71. The molecule has 1 aromatic carbocycles. The van der Waals surface area contributed by atoms with Crippen LogP contribution in [0.25, 0.3) is 0 Å². The molecular weight excluding hydrogens is 200 g/mol. The first-order valence-corrected chi connectivity index (χ1v) is 5.97. The van der Waals surface area contributed by atoms with Gasteiger partial charge < -0.3 is 9.84 Å². The first-order valence-electron chi connectivity index (χ1n) is 5.97. The van der Waals surface area contributed by atoms with Crippen molar-refractivity contribution in [2.45, 2.75) is 33.1 Å². The molecule has 0 aliphatic carbocycles. The Bertz CT molecular complexity index is 321. The molecule has 1 unspecified atom stereocenters. The van der Waals surface area contributed by atoms with Gasteiger partial charge in [-0.1, -0.05) is 26.0 Å². The van der Waals surface area contributed by atoms with E-state index in [0.717, 1.165) is 25.0 Å². The van der Waals surface area contributed by atoms with Crippen molar-refractivity contribution < 1.29 is 9.84 Å². The average Bonchev–Trinajstić information content (AvgIpc) is 2.29. The molecule has 2 heteroatoms. The lowest BCUT2D eigenvalue weighted by Crippen LogP contribution is -2.03. The van der Waals surface area contributed by atoms with Gasteiger partial charge in [-0.2, -0.15) is 0 Å². The number of methoxy groups -OCH3 is 1. The van der Waals surface area contributed by atoms with Crippen molar-refractivity contribution in [1.82, 2.24) is 0 Å². The number of aryl methyl sites for hydroxylation is 1. The maximum atomic E-state index is 8.88. The summed E-state index contributed by atoms with van der Waals surface area (Å²) in [6.07, 6.45) is 2.89. The van der Waals surface area contributed by atoms with Gasteiger partial charge in [0.1, 0.15) is 5.75 Å². The summed E-state index contributed by atoms with van der Waals surface area (Å²) in [6.45, 7) is 4.59. The van der Waals surface area contributed by atoms with E-state index in [9.17, 15) is 0 Å². The molecule has 1 N–H and O–H groups in total. The van der Waals surface area contributed by atoms with Crippen molar-refractivity contribution in [3.63, 3.8) is 0 Å². The number of benzene rings is 1. The zero-order valence-electron chi connectivity index (χ0n) is 10.5. The molecule has 0 saturated heterocycles. The molecular formula is C14H22O2. The maximum Gasteiger partial charge on any atom is 0.122 e. The SMILES string of the molecule is CCc1cc(CC(C)CCO)ccc1OC. The van der Waals surface area contributed by atoms with Gasteiger partial charge in [0.15, 0.2) is 0 Å². The summed E-state index contributed by atoms with van der Waals surface area (Å²) < 4.78 is 5.30. The van der Waals surface area contributed by atoms with Crippen LogP contribution in [0.4, 0.5) is 0 Å². The Morgan fingerprint density at radius 3 is 2.69 bits per heavy atom. The molecule has 0 spiro atoms. The number of hydrogen-bond acceptors (Lipinski definition) is 2. The summed E-state index contributed by atoms with van der Waals surface area (Å²) in [4.78, 5) is 0. The summed E-state index contributed by atoms with van der Waals surface area (Å²) >= 11 is 0. The third kappa shape index (κ3) is 3.53. The van der Waals surface area contributed by atoms with Gasteiger partial charge in [-0.25, -0.2) is 0 Å². The van der Waals surface area contributed by atoms with E-state index in [1.54, 1.807) is 7.11 Å². The van der Waals surface area contributed by atoms with E-state index in [4.69, 9.17) is 9.84 Å². The lowest BCUT2D eigenvalue weighted by Gasteiger charge is -2.12. The first-order chi connectivity index (χ1) is 7.71. The van der Waals surface area contributed by atoms with Crippen molar-refractivity contribution in [1.29, 1.82) is 0 Å². The molecule has 2 nitrogen and oxygen atoms in total. The highest BCUT2D eigenvalue weighted by Gasteiger charge is 2.06. The number of ether oxygens (including phenoxy) is 1. The average molecular weight is 222 g/mol. The van der Waals surface area contributed by atoms with Crippen molar-refractivity contribution in [3.05, 3.63) is 29.3 Å². The predicted molar refractivity (Wildman–Crippen MR) is 66.9 cm³/mol. The molecule has 1 aromatic rings. The molecule has 90 valence electrons. The number of aliphatic hydroxyl groups excluding tert-OH is 1. The van der Waals surface area contributed by atoms with Crippen LogP contribution in [-0.2, 0) is 12.8 Å². The normalized spacial score (nSPS) is 12.5. The Hall–Kier alpha value is -1.02. The van der Waals surface area contributed by atoms with Crippen molar-refractivity contribution in [3.8, 4) is 5.75 Å². The number of rotatable bonds is 6. The molecule has 0 bridgehead atoms. The van der Waals surface area contributed by atoms with Gasteiger partial charge in [0.25, 0.3) is 0 Å². The van der Waals surface area contributed by atoms with Crippen molar-refractivity contribution in [2.24, 2.45) is 5.92 Å². The molecule has 0 aliphatic heterocycles. The lowest BCUT2D eigenvalue weighted by atomic mass is 9.96. The zero-order valence-corrected chi connectivity index (χ0v) is 10.5.